The standard InChI is InChI=1S/C26H24FN5O2/c27-20-10-6-7-18(13-20)17-32-25-22(15-29-32)21(14-23(30-25)19-8-2-1-3-9-19)26(34)28-16-24(33)31-11-4-5-12-31/h1-3,6-10,13-15H,4-5,11-12,16-17H2,(H,28,34). The van der Waals surface area contributed by atoms with Crippen LogP contribution in [0.4, 0.5) is 4.39 Å². The molecule has 8 heteroatoms. The van der Waals surface area contributed by atoms with Gasteiger partial charge in [0.25, 0.3) is 5.91 Å². The van der Waals surface area contributed by atoms with Gasteiger partial charge in [0, 0.05) is 18.7 Å². The molecule has 5 rings (SSSR count). The predicted molar refractivity (Wildman–Crippen MR) is 127 cm³/mol. The van der Waals surface area contributed by atoms with E-state index in [2.05, 4.69) is 10.4 Å². The molecule has 0 radical (unpaired) electrons. The minimum atomic E-state index is -0.359. The molecule has 7 nitrogen and oxygen atoms in total. The van der Waals surface area contributed by atoms with Crippen LogP contribution < -0.4 is 5.32 Å². The molecule has 1 fully saturated rings. The molecule has 1 N–H and O–H groups in total. The van der Waals surface area contributed by atoms with Gasteiger partial charge in [0.2, 0.25) is 5.91 Å². The van der Waals surface area contributed by atoms with Gasteiger partial charge in [-0.05, 0) is 36.6 Å². The first-order chi connectivity index (χ1) is 16.6. The van der Waals surface area contributed by atoms with Crippen LogP contribution in [-0.2, 0) is 11.3 Å². The maximum atomic E-state index is 13.7. The normalized spacial score (nSPS) is 13.4. The van der Waals surface area contributed by atoms with E-state index in [0.29, 0.717) is 28.8 Å². The Bertz CT molecular complexity index is 1350. The van der Waals surface area contributed by atoms with E-state index in [1.165, 1.54) is 12.1 Å². The smallest absolute Gasteiger partial charge is 0.252 e. The van der Waals surface area contributed by atoms with Crippen molar-refractivity contribution < 1.29 is 14.0 Å². The van der Waals surface area contributed by atoms with Crippen LogP contribution in [0.2, 0.25) is 0 Å². The molecule has 2 aromatic carbocycles. The number of benzene rings is 2. The van der Waals surface area contributed by atoms with Crippen molar-refractivity contribution in [3.63, 3.8) is 0 Å². The second kappa shape index (κ2) is 9.43. The maximum absolute atomic E-state index is 13.7. The maximum Gasteiger partial charge on any atom is 0.252 e. The lowest BCUT2D eigenvalue weighted by Crippen LogP contribution is -2.38. The molecule has 1 aliphatic heterocycles. The van der Waals surface area contributed by atoms with Crippen molar-refractivity contribution in [1.29, 1.82) is 0 Å². The van der Waals surface area contributed by atoms with Crippen LogP contribution in [0.5, 0.6) is 0 Å². The Morgan fingerprint density at radius 2 is 1.79 bits per heavy atom. The van der Waals surface area contributed by atoms with Crippen LogP contribution in [0.25, 0.3) is 22.3 Å². The summed E-state index contributed by atoms with van der Waals surface area (Å²) in [4.78, 5) is 32.1. The Morgan fingerprint density at radius 3 is 2.56 bits per heavy atom. The van der Waals surface area contributed by atoms with E-state index in [1.807, 2.05) is 36.4 Å². The number of aromatic nitrogens is 3. The summed E-state index contributed by atoms with van der Waals surface area (Å²) in [5, 5.41) is 7.77. The molecule has 1 saturated heterocycles. The molecule has 0 atom stereocenters. The number of hydrogen-bond donors (Lipinski definition) is 1. The molecule has 3 heterocycles. The average Bonchev–Trinajstić information content (AvgIpc) is 3.53. The third-order valence-corrected chi connectivity index (χ3v) is 6.00. The van der Waals surface area contributed by atoms with Crippen LogP contribution in [0.1, 0.15) is 28.8 Å². The van der Waals surface area contributed by atoms with Gasteiger partial charge in [-0.25, -0.2) is 14.1 Å². The van der Waals surface area contributed by atoms with Gasteiger partial charge in [0.05, 0.1) is 35.9 Å². The number of halogens is 1. The quantitative estimate of drug-likeness (QED) is 0.480. The Morgan fingerprint density at radius 1 is 1.00 bits per heavy atom. The third-order valence-electron chi connectivity index (χ3n) is 6.00. The van der Waals surface area contributed by atoms with E-state index < -0.39 is 0 Å². The van der Waals surface area contributed by atoms with Gasteiger partial charge >= 0.3 is 0 Å². The first kappa shape index (κ1) is 21.8. The fourth-order valence-corrected chi connectivity index (χ4v) is 4.25. The molecule has 0 spiro atoms. The summed E-state index contributed by atoms with van der Waals surface area (Å²) >= 11 is 0. The lowest BCUT2D eigenvalue weighted by atomic mass is 10.1. The predicted octanol–water partition coefficient (Wildman–Crippen LogP) is 3.64. The third kappa shape index (κ3) is 4.52. The van der Waals surface area contributed by atoms with Crippen LogP contribution >= 0.6 is 0 Å². The zero-order valence-corrected chi connectivity index (χ0v) is 18.6. The van der Waals surface area contributed by atoms with Gasteiger partial charge in [0.15, 0.2) is 5.65 Å². The number of amides is 2. The van der Waals surface area contributed by atoms with E-state index in [0.717, 1.165) is 37.1 Å². The van der Waals surface area contributed by atoms with Gasteiger partial charge in [-0.2, -0.15) is 5.10 Å². The highest BCUT2D eigenvalue weighted by molar-refractivity contribution is 6.07. The highest BCUT2D eigenvalue weighted by Crippen LogP contribution is 2.25. The fourth-order valence-electron chi connectivity index (χ4n) is 4.25. The average molecular weight is 458 g/mol. The molecule has 2 aromatic heterocycles. The van der Waals surface area contributed by atoms with E-state index in [1.54, 1.807) is 27.9 Å². The molecule has 4 aromatic rings. The van der Waals surface area contributed by atoms with Crippen molar-refractivity contribution in [1.82, 2.24) is 25.0 Å². The van der Waals surface area contributed by atoms with Crippen molar-refractivity contribution in [2.45, 2.75) is 19.4 Å². The van der Waals surface area contributed by atoms with Gasteiger partial charge < -0.3 is 10.2 Å². The van der Waals surface area contributed by atoms with Crippen LogP contribution in [-0.4, -0.2) is 51.1 Å². The molecular formula is C26H24FN5O2. The monoisotopic (exact) mass is 457 g/mol. The highest BCUT2D eigenvalue weighted by Gasteiger charge is 2.21. The first-order valence-electron chi connectivity index (χ1n) is 11.3. The summed E-state index contributed by atoms with van der Waals surface area (Å²) in [7, 11) is 0. The molecule has 1 aliphatic rings. The number of carbonyl (C=O) groups excluding carboxylic acids is 2. The van der Waals surface area contributed by atoms with Crippen molar-refractivity contribution in [3.8, 4) is 11.3 Å². The first-order valence-corrected chi connectivity index (χ1v) is 11.3. The van der Waals surface area contributed by atoms with Crippen LogP contribution in [0, 0.1) is 5.82 Å². The van der Waals surface area contributed by atoms with Gasteiger partial charge in [-0.3, -0.25) is 9.59 Å². The van der Waals surface area contributed by atoms with Gasteiger partial charge in [-0.1, -0.05) is 42.5 Å². The van der Waals surface area contributed by atoms with Crippen molar-refractivity contribution in [3.05, 3.63) is 83.8 Å². The number of pyridine rings is 1. The van der Waals surface area contributed by atoms with E-state index >= 15 is 0 Å². The van der Waals surface area contributed by atoms with Crippen molar-refractivity contribution in [2.75, 3.05) is 19.6 Å². The Balaban J connectivity index is 1.50. The lowest BCUT2D eigenvalue weighted by Gasteiger charge is -2.15. The minimum absolute atomic E-state index is 0.0548. The summed E-state index contributed by atoms with van der Waals surface area (Å²) in [6, 6.07) is 17.6. The van der Waals surface area contributed by atoms with Gasteiger partial charge in [0.1, 0.15) is 5.82 Å². The Hall–Kier alpha value is -4.07. The summed E-state index contributed by atoms with van der Waals surface area (Å²) in [5.74, 6) is -0.765. The molecule has 172 valence electrons. The fraction of sp³-hybridized carbons (Fsp3) is 0.231. The van der Waals surface area contributed by atoms with Crippen LogP contribution in [0.15, 0.2) is 66.9 Å². The summed E-state index contributed by atoms with van der Waals surface area (Å²) in [6.07, 6.45) is 3.58. The van der Waals surface area contributed by atoms with E-state index in [-0.39, 0.29) is 24.2 Å². The number of nitrogens with one attached hydrogen (secondary N) is 1. The zero-order chi connectivity index (χ0) is 23.5. The Labute approximate surface area is 196 Å². The molecular weight excluding hydrogens is 433 g/mol. The number of hydrogen-bond acceptors (Lipinski definition) is 4. The summed E-state index contributed by atoms with van der Waals surface area (Å²) < 4.78 is 15.4. The van der Waals surface area contributed by atoms with Gasteiger partial charge in [-0.15, -0.1) is 0 Å². The number of fused-ring (bicyclic) bond motifs is 1. The minimum Gasteiger partial charge on any atom is -0.343 e. The number of nitrogens with zero attached hydrogens (tertiary/aromatic N) is 4. The Kier molecular flexibility index (Phi) is 6.03. The summed E-state index contributed by atoms with van der Waals surface area (Å²) in [6.45, 7) is 1.72. The summed E-state index contributed by atoms with van der Waals surface area (Å²) in [5.41, 5.74) is 3.11. The number of likely N-dealkylation sites (tertiary alicyclic amines) is 1. The molecule has 34 heavy (non-hydrogen) atoms. The van der Waals surface area contributed by atoms with Crippen molar-refractivity contribution in [2.24, 2.45) is 0 Å². The second-order valence-electron chi connectivity index (χ2n) is 8.36. The SMILES string of the molecule is O=C(NCC(=O)N1CCCC1)c1cc(-c2ccccc2)nc2c1cnn2Cc1cccc(F)c1. The number of rotatable bonds is 6. The molecule has 0 bridgehead atoms. The van der Waals surface area contributed by atoms with Crippen molar-refractivity contribution >= 4 is 22.8 Å². The molecule has 0 unspecified atom stereocenters. The lowest BCUT2D eigenvalue weighted by molar-refractivity contribution is -0.129. The topological polar surface area (TPSA) is 80.1 Å². The highest BCUT2D eigenvalue weighted by atomic mass is 19.1. The van der Waals surface area contributed by atoms with Crippen LogP contribution in [0.3, 0.4) is 0 Å². The number of carbonyl (C=O) groups is 2. The largest absolute Gasteiger partial charge is 0.343 e. The zero-order valence-electron chi connectivity index (χ0n) is 18.6. The molecule has 2 amide bonds. The van der Waals surface area contributed by atoms with E-state index in [9.17, 15) is 14.0 Å². The second-order valence-corrected chi connectivity index (χ2v) is 8.36. The molecule has 0 saturated carbocycles. The van der Waals surface area contributed by atoms with E-state index in [4.69, 9.17) is 4.98 Å². The molecule has 0 aliphatic carbocycles.